The van der Waals surface area contributed by atoms with Gasteiger partial charge < -0.3 is 4.74 Å². The molecule has 2 aromatic carbocycles. The standard InChI is InChI=1S/C14H8BrFN2O3/c15-14-10(2-1-3-12(14)18(19)20)8-21-13-5-4-9(7-17)6-11(13)16/h1-6H,8H2. The Morgan fingerprint density at radius 2 is 2.14 bits per heavy atom. The molecular weight excluding hydrogens is 343 g/mol. The van der Waals surface area contributed by atoms with Gasteiger partial charge in [0.1, 0.15) is 11.1 Å². The van der Waals surface area contributed by atoms with E-state index in [0.717, 1.165) is 6.07 Å². The zero-order chi connectivity index (χ0) is 15.4. The van der Waals surface area contributed by atoms with Crippen LogP contribution in [0.25, 0.3) is 0 Å². The SMILES string of the molecule is N#Cc1ccc(OCc2cccc([N+](=O)[O-])c2Br)c(F)c1. The van der Waals surface area contributed by atoms with Gasteiger partial charge in [0.25, 0.3) is 5.69 Å². The lowest BCUT2D eigenvalue weighted by Gasteiger charge is -2.09. The van der Waals surface area contributed by atoms with Gasteiger partial charge in [-0.3, -0.25) is 10.1 Å². The second-order valence-electron chi connectivity index (χ2n) is 4.05. The third-order valence-electron chi connectivity index (χ3n) is 2.70. The number of nitrogens with zero attached hydrogens (tertiary/aromatic N) is 2. The maximum atomic E-state index is 13.7. The highest BCUT2D eigenvalue weighted by Crippen LogP contribution is 2.29. The molecule has 21 heavy (non-hydrogen) atoms. The first-order valence-electron chi connectivity index (χ1n) is 5.77. The summed E-state index contributed by atoms with van der Waals surface area (Å²) >= 11 is 3.14. The molecule has 106 valence electrons. The number of hydrogen-bond acceptors (Lipinski definition) is 4. The van der Waals surface area contributed by atoms with Crippen molar-refractivity contribution in [2.45, 2.75) is 6.61 Å². The van der Waals surface area contributed by atoms with Crippen LogP contribution in [0, 0.1) is 27.3 Å². The lowest BCUT2D eigenvalue weighted by Crippen LogP contribution is -2.00. The van der Waals surface area contributed by atoms with Crippen LogP contribution in [0.15, 0.2) is 40.9 Å². The van der Waals surface area contributed by atoms with Gasteiger partial charge in [-0.15, -0.1) is 0 Å². The van der Waals surface area contributed by atoms with Gasteiger partial charge in [-0.1, -0.05) is 12.1 Å². The minimum Gasteiger partial charge on any atom is -0.486 e. The van der Waals surface area contributed by atoms with Crippen molar-refractivity contribution in [2.24, 2.45) is 0 Å². The average molecular weight is 351 g/mol. The molecule has 2 rings (SSSR count). The summed E-state index contributed by atoms with van der Waals surface area (Å²) in [5, 5.41) is 19.5. The first kappa shape index (κ1) is 14.9. The van der Waals surface area contributed by atoms with E-state index >= 15 is 0 Å². The zero-order valence-corrected chi connectivity index (χ0v) is 12.1. The maximum Gasteiger partial charge on any atom is 0.283 e. The van der Waals surface area contributed by atoms with E-state index in [9.17, 15) is 14.5 Å². The highest BCUT2D eigenvalue weighted by Gasteiger charge is 2.15. The van der Waals surface area contributed by atoms with Crippen LogP contribution < -0.4 is 4.74 Å². The Labute approximate surface area is 127 Å². The van der Waals surface area contributed by atoms with Crippen LogP contribution in [0.2, 0.25) is 0 Å². The highest BCUT2D eigenvalue weighted by molar-refractivity contribution is 9.10. The molecule has 2 aromatic rings. The number of nitro groups is 1. The summed E-state index contributed by atoms with van der Waals surface area (Å²) in [7, 11) is 0. The van der Waals surface area contributed by atoms with E-state index in [1.807, 2.05) is 6.07 Å². The van der Waals surface area contributed by atoms with Gasteiger partial charge in [-0.2, -0.15) is 5.26 Å². The monoisotopic (exact) mass is 350 g/mol. The summed E-state index contributed by atoms with van der Waals surface area (Å²) in [5.41, 5.74) is 0.626. The van der Waals surface area contributed by atoms with Crippen LogP contribution in [0.5, 0.6) is 5.75 Å². The topological polar surface area (TPSA) is 76.2 Å². The number of nitro benzene ring substituents is 1. The zero-order valence-electron chi connectivity index (χ0n) is 10.5. The highest BCUT2D eigenvalue weighted by atomic mass is 79.9. The van der Waals surface area contributed by atoms with Crippen molar-refractivity contribution >= 4 is 21.6 Å². The van der Waals surface area contributed by atoms with Gasteiger partial charge in [0.2, 0.25) is 0 Å². The van der Waals surface area contributed by atoms with E-state index in [1.54, 1.807) is 6.07 Å². The van der Waals surface area contributed by atoms with E-state index in [2.05, 4.69) is 15.9 Å². The molecular formula is C14H8BrFN2O3. The van der Waals surface area contributed by atoms with Gasteiger partial charge in [0.15, 0.2) is 11.6 Å². The number of ether oxygens (including phenoxy) is 1. The molecule has 0 saturated carbocycles. The fourth-order valence-corrected chi connectivity index (χ4v) is 2.19. The number of halogens is 2. The minimum atomic E-state index is -0.657. The van der Waals surface area contributed by atoms with Crippen LogP contribution in [0.3, 0.4) is 0 Å². The summed E-state index contributed by atoms with van der Waals surface area (Å²) in [6, 6.07) is 10.2. The molecule has 0 aromatic heterocycles. The third-order valence-corrected chi connectivity index (χ3v) is 3.61. The summed E-state index contributed by atoms with van der Waals surface area (Å²) in [4.78, 5) is 10.3. The molecule has 0 heterocycles. The quantitative estimate of drug-likeness (QED) is 0.617. The molecule has 7 heteroatoms. The molecule has 0 atom stereocenters. The van der Waals surface area contributed by atoms with Crippen molar-refractivity contribution in [1.29, 1.82) is 5.26 Å². The van der Waals surface area contributed by atoms with E-state index in [1.165, 1.54) is 24.3 Å². The summed E-state index contributed by atoms with van der Waals surface area (Å²) in [5.74, 6) is -0.678. The number of benzene rings is 2. The number of hydrogen-bond donors (Lipinski definition) is 0. The molecule has 5 nitrogen and oxygen atoms in total. The Hall–Kier alpha value is -2.46. The van der Waals surface area contributed by atoms with E-state index in [-0.39, 0.29) is 23.6 Å². The molecule has 0 spiro atoms. The normalized spacial score (nSPS) is 9.95. The Balaban J connectivity index is 2.19. The Morgan fingerprint density at radius 1 is 1.38 bits per heavy atom. The van der Waals surface area contributed by atoms with Gasteiger partial charge in [0, 0.05) is 11.6 Å². The lowest BCUT2D eigenvalue weighted by atomic mass is 10.2. The fraction of sp³-hybridized carbons (Fsp3) is 0.0714. The van der Waals surface area contributed by atoms with Crippen LogP contribution >= 0.6 is 15.9 Å². The molecule has 0 bridgehead atoms. The van der Waals surface area contributed by atoms with Crippen LogP contribution in [0.1, 0.15) is 11.1 Å². The van der Waals surface area contributed by atoms with Crippen molar-refractivity contribution in [1.82, 2.24) is 0 Å². The van der Waals surface area contributed by atoms with Crippen LogP contribution in [-0.4, -0.2) is 4.92 Å². The van der Waals surface area contributed by atoms with Crippen molar-refractivity contribution in [3.8, 4) is 11.8 Å². The van der Waals surface area contributed by atoms with E-state index in [4.69, 9.17) is 10.00 Å². The minimum absolute atomic E-state index is 0.0209. The molecule has 0 unspecified atom stereocenters. The first-order valence-corrected chi connectivity index (χ1v) is 6.56. The number of nitriles is 1. The smallest absolute Gasteiger partial charge is 0.283 e. The predicted octanol–water partition coefficient (Wildman–Crippen LogP) is 3.95. The van der Waals surface area contributed by atoms with Crippen LogP contribution in [0.4, 0.5) is 10.1 Å². The Kier molecular flexibility index (Phi) is 4.50. The largest absolute Gasteiger partial charge is 0.486 e. The average Bonchev–Trinajstić information content (AvgIpc) is 2.46. The van der Waals surface area contributed by atoms with Gasteiger partial charge in [0.05, 0.1) is 16.6 Å². The fourth-order valence-electron chi connectivity index (χ4n) is 1.66. The summed E-state index contributed by atoms with van der Waals surface area (Å²) in [6.45, 7) is -0.0366. The maximum absolute atomic E-state index is 13.7. The van der Waals surface area contributed by atoms with Crippen molar-refractivity contribution < 1.29 is 14.1 Å². The third kappa shape index (κ3) is 3.35. The van der Waals surface area contributed by atoms with Crippen molar-refractivity contribution in [3.05, 3.63) is 67.9 Å². The second kappa shape index (κ2) is 6.33. The molecule has 0 fully saturated rings. The second-order valence-corrected chi connectivity index (χ2v) is 4.85. The number of rotatable bonds is 4. The van der Waals surface area contributed by atoms with Gasteiger partial charge in [-0.05, 0) is 34.1 Å². The Bertz CT molecular complexity index is 743. The van der Waals surface area contributed by atoms with Crippen molar-refractivity contribution in [3.63, 3.8) is 0 Å². The molecule has 0 aliphatic heterocycles. The first-order chi connectivity index (χ1) is 10.0. The molecule has 0 aliphatic rings. The Morgan fingerprint density at radius 3 is 2.76 bits per heavy atom. The summed E-state index contributed by atoms with van der Waals surface area (Å²) < 4.78 is 19.2. The van der Waals surface area contributed by atoms with E-state index < -0.39 is 10.7 Å². The lowest BCUT2D eigenvalue weighted by molar-refractivity contribution is -0.385. The molecule has 0 aliphatic carbocycles. The van der Waals surface area contributed by atoms with Crippen LogP contribution in [-0.2, 0) is 6.61 Å². The molecule has 0 saturated heterocycles. The van der Waals surface area contributed by atoms with Crippen molar-refractivity contribution in [2.75, 3.05) is 0 Å². The molecule has 0 amide bonds. The van der Waals surface area contributed by atoms with Gasteiger partial charge >= 0.3 is 0 Å². The summed E-state index contributed by atoms with van der Waals surface area (Å²) in [6.07, 6.45) is 0. The molecule has 0 N–H and O–H groups in total. The predicted molar refractivity (Wildman–Crippen MR) is 76.2 cm³/mol. The van der Waals surface area contributed by atoms with Gasteiger partial charge in [-0.25, -0.2) is 4.39 Å². The van der Waals surface area contributed by atoms with E-state index in [0.29, 0.717) is 10.0 Å². The molecule has 0 radical (unpaired) electrons.